The highest BCUT2D eigenvalue weighted by Crippen LogP contribution is 2.25. The number of aromatic nitrogens is 2. The molecule has 1 amide bonds. The average Bonchev–Trinajstić information content (AvgIpc) is 3.42. The van der Waals surface area contributed by atoms with Gasteiger partial charge in [-0.3, -0.25) is 4.79 Å². The quantitative estimate of drug-likeness (QED) is 0.589. The third-order valence-corrected chi connectivity index (χ3v) is 4.74. The van der Waals surface area contributed by atoms with E-state index in [0.717, 1.165) is 0 Å². The van der Waals surface area contributed by atoms with Gasteiger partial charge in [0.2, 0.25) is 0 Å². The number of hydrogen-bond donors (Lipinski definition) is 0. The lowest BCUT2D eigenvalue weighted by Gasteiger charge is -2.16. The molecule has 1 aliphatic rings. The summed E-state index contributed by atoms with van der Waals surface area (Å²) in [7, 11) is 0. The van der Waals surface area contributed by atoms with Gasteiger partial charge in [0.25, 0.3) is 11.8 Å². The van der Waals surface area contributed by atoms with Crippen molar-refractivity contribution < 1.29 is 27.6 Å². The van der Waals surface area contributed by atoms with Crippen LogP contribution in [0.4, 0.5) is 8.78 Å². The molecule has 0 aliphatic carbocycles. The highest BCUT2D eigenvalue weighted by Gasteiger charge is 2.30. The first kappa shape index (κ1) is 19.8. The van der Waals surface area contributed by atoms with E-state index in [9.17, 15) is 13.6 Å². The van der Waals surface area contributed by atoms with Crippen LogP contribution in [0.15, 0.2) is 53.1 Å². The summed E-state index contributed by atoms with van der Waals surface area (Å²) in [6.07, 6.45) is 0.708. The van der Waals surface area contributed by atoms with Gasteiger partial charge in [0, 0.05) is 19.0 Å². The predicted octanol–water partition coefficient (Wildman–Crippen LogP) is 3.32. The molecular weight excluding hydrogens is 396 g/mol. The van der Waals surface area contributed by atoms with Crippen molar-refractivity contribution in [1.82, 2.24) is 15.0 Å². The molecular formula is C21H19F2N3O4. The van der Waals surface area contributed by atoms with Crippen LogP contribution in [0.25, 0.3) is 0 Å². The fourth-order valence-corrected chi connectivity index (χ4v) is 3.13. The zero-order valence-electron chi connectivity index (χ0n) is 16.0. The number of hydrogen-bond acceptors (Lipinski definition) is 6. The van der Waals surface area contributed by atoms with Gasteiger partial charge in [-0.15, -0.1) is 0 Å². The molecule has 2 heterocycles. The molecule has 7 nitrogen and oxygen atoms in total. The van der Waals surface area contributed by atoms with Crippen LogP contribution < -0.4 is 9.47 Å². The molecule has 0 bridgehead atoms. The molecule has 0 radical (unpaired) electrons. The summed E-state index contributed by atoms with van der Waals surface area (Å²) in [4.78, 5) is 18.4. The van der Waals surface area contributed by atoms with E-state index in [1.165, 1.54) is 48.5 Å². The van der Waals surface area contributed by atoms with E-state index >= 15 is 0 Å². The Morgan fingerprint density at radius 2 is 1.67 bits per heavy atom. The Labute approximate surface area is 171 Å². The SMILES string of the molecule is O=C(COc1ccc(F)cc1)N1CCC(c2noc(COc3ccc(F)cc3)n2)C1. The first-order valence-electron chi connectivity index (χ1n) is 9.44. The fourth-order valence-electron chi connectivity index (χ4n) is 3.13. The number of halogens is 2. The van der Waals surface area contributed by atoms with Gasteiger partial charge in [-0.25, -0.2) is 8.78 Å². The van der Waals surface area contributed by atoms with Crippen molar-refractivity contribution in [3.63, 3.8) is 0 Å². The van der Waals surface area contributed by atoms with Crippen LogP contribution in [0.1, 0.15) is 24.1 Å². The molecule has 30 heavy (non-hydrogen) atoms. The molecule has 1 saturated heterocycles. The van der Waals surface area contributed by atoms with E-state index in [-0.39, 0.29) is 36.7 Å². The van der Waals surface area contributed by atoms with Crippen molar-refractivity contribution in [1.29, 1.82) is 0 Å². The van der Waals surface area contributed by atoms with E-state index in [1.807, 2.05) is 0 Å². The maximum absolute atomic E-state index is 12.9. The molecule has 1 atom stereocenters. The zero-order valence-corrected chi connectivity index (χ0v) is 16.0. The van der Waals surface area contributed by atoms with E-state index in [0.29, 0.717) is 42.7 Å². The minimum absolute atomic E-state index is 0.0388. The molecule has 0 spiro atoms. The van der Waals surface area contributed by atoms with Crippen LogP contribution in [-0.2, 0) is 11.4 Å². The largest absolute Gasteiger partial charge is 0.484 e. The second-order valence-electron chi connectivity index (χ2n) is 6.86. The molecule has 1 unspecified atom stereocenters. The topological polar surface area (TPSA) is 77.7 Å². The van der Waals surface area contributed by atoms with Gasteiger partial charge in [0.1, 0.15) is 23.1 Å². The van der Waals surface area contributed by atoms with E-state index in [4.69, 9.17) is 14.0 Å². The standard InChI is InChI=1S/C21H19F2N3O4/c22-15-1-5-17(6-2-15)28-12-19-24-21(25-30-19)14-9-10-26(11-14)20(27)13-29-18-7-3-16(23)4-8-18/h1-8,14H,9-13H2. The van der Waals surface area contributed by atoms with Crippen LogP contribution in [0.5, 0.6) is 11.5 Å². The Bertz CT molecular complexity index is 992. The number of rotatable bonds is 7. The number of nitrogens with zero attached hydrogens (tertiary/aromatic N) is 3. The maximum Gasteiger partial charge on any atom is 0.264 e. The minimum atomic E-state index is -0.362. The minimum Gasteiger partial charge on any atom is -0.484 e. The lowest BCUT2D eigenvalue weighted by Crippen LogP contribution is -2.32. The Kier molecular flexibility index (Phi) is 5.87. The number of carbonyl (C=O) groups excluding carboxylic acids is 1. The molecule has 3 aromatic rings. The van der Waals surface area contributed by atoms with Gasteiger partial charge < -0.3 is 18.9 Å². The van der Waals surface area contributed by atoms with Crippen LogP contribution >= 0.6 is 0 Å². The normalized spacial score (nSPS) is 15.9. The highest BCUT2D eigenvalue weighted by molar-refractivity contribution is 5.78. The third-order valence-electron chi connectivity index (χ3n) is 4.74. The predicted molar refractivity (Wildman–Crippen MR) is 101 cm³/mol. The summed E-state index contributed by atoms with van der Waals surface area (Å²) in [5.74, 6) is 0.846. The summed E-state index contributed by atoms with van der Waals surface area (Å²) < 4.78 is 42.0. The van der Waals surface area contributed by atoms with Crippen LogP contribution in [0, 0.1) is 11.6 Å². The van der Waals surface area contributed by atoms with Crippen molar-refractivity contribution in [2.75, 3.05) is 19.7 Å². The second kappa shape index (κ2) is 8.89. The number of amides is 1. The van der Waals surface area contributed by atoms with E-state index in [2.05, 4.69) is 10.1 Å². The van der Waals surface area contributed by atoms with Gasteiger partial charge in [0.05, 0.1) is 0 Å². The lowest BCUT2D eigenvalue weighted by atomic mass is 10.1. The van der Waals surface area contributed by atoms with Crippen LogP contribution in [0.3, 0.4) is 0 Å². The zero-order chi connectivity index (χ0) is 20.9. The van der Waals surface area contributed by atoms with Crippen molar-refractivity contribution in [2.45, 2.75) is 18.9 Å². The number of ether oxygens (including phenoxy) is 2. The first-order chi connectivity index (χ1) is 14.6. The Morgan fingerprint density at radius 1 is 1.03 bits per heavy atom. The number of benzene rings is 2. The average molecular weight is 415 g/mol. The van der Waals surface area contributed by atoms with Gasteiger partial charge in [0.15, 0.2) is 19.0 Å². The molecule has 0 saturated carbocycles. The molecule has 1 aromatic heterocycles. The van der Waals surface area contributed by atoms with Crippen molar-refractivity contribution >= 4 is 5.91 Å². The van der Waals surface area contributed by atoms with Crippen LogP contribution in [-0.4, -0.2) is 40.6 Å². The van der Waals surface area contributed by atoms with E-state index < -0.39 is 0 Å². The monoisotopic (exact) mass is 415 g/mol. The third kappa shape index (κ3) is 4.91. The Balaban J connectivity index is 1.26. The van der Waals surface area contributed by atoms with Gasteiger partial charge in [-0.2, -0.15) is 4.98 Å². The molecule has 1 aliphatic heterocycles. The molecule has 1 fully saturated rings. The summed E-state index contributed by atoms with van der Waals surface area (Å²) in [6, 6.07) is 11.1. The summed E-state index contributed by atoms with van der Waals surface area (Å²) >= 11 is 0. The molecule has 9 heteroatoms. The summed E-state index contributed by atoms with van der Waals surface area (Å²) in [5.41, 5.74) is 0. The summed E-state index contributed by atoms with van der Waals surface area (Å²) in [6.45, 7) is 0.969. The smallest absolute Gasteiger partial charge is 0.264 e. The fraction of sp³-hybridized carbons (Fsp3) is 0.286. The van der Waals surface area contributed by atoms with Crippen molar-refractivity contribution in [3.8, 4) is 11.5 Å². The Morgan fingerprint density at radius 3 is 2.33 bits per heavy atom. The molecule has 2 aromatic carbocycles. The number of likely N-dealkylation sites (tertiary alicyclic amines) is 1. The molecule has 156 valence electrons. The second-order valence-corrected chi connectivity index (χ2v) is 6.86. The lowest BCUT2D eigenvalue weighted by molar-refractivity contribution is -0.132. The Hall–Kier alpha value is -3.49. The van der Waals surface area contributed by atoms with Crippen molar-refractivity contribution in [3.05, 3.63) is 71.9 Å². The molecule has 4 rings (SSSR count). The summed E-state index contributed by atoms with van der Waals surface area (Å²) in [5, 5.41) is 3.99. The highest BCUT2D eigenvalue weighted by atomic mass is 19.1. The maximum atomic E-state index is 12.9. The van der Waals surface area contributed by atoms with Crippen molar-refractivity contribution in [2.24, 2.45) is 0 Å². The van der Waals surface area contributed by atoms with E-state index in [1.54, 1.807) is 4.90 Å². The number of carbonyl (C=O) groups is 1. The first-order valence-corrected chi connectivity index (χ1v) is 9.44. The van der Waals surface area contributed by atoms with Gasteiger partial charge >= 0.3 is 0 Å². The van der Waals surface area contributed by atoms with Gasteiger partial charge in [-0.1, -0.05) is 5.16 Å². The molecule has 0 N–H and O–H groups in total. The van der Waals surface area contributed by atoms with Crippen LogP contribution in [0.2, 0.25) is 0 Å². The van der Waals surface area contributed by atoms with Gasteiger partial charge in [-0.05, 0) is 55.0 Å².